The van der Waals surface area contributed by atoms with E-state index in [1.54, 1.807) is 42.5 Å². The van der Waals surface area contributed by atoms with Gasteiger partial charge in [-0.15, -0.1) is 0 Å². The van der Waals surface area contributed by atoms with Crippen molar-refractivity contribution in [2.24, 2.45) is 0 Å². The standard InChI is InChI=1S/C18H18ClFN2O2/c1-13(23)22(11-10-14-4-2-3-5-17(14)20)12-18(24)21-16-8-6-15(19)7-9-16/h2-9H,10-12H2,1H3,(H,21,24). The summed E-state index contributed by atoms with van der Waals surface area (Å²) < 4.78 is 13.6. The molecule has 2 aromatic carbocycles. The molecular formula is C18H18ClFN2O2. The molecule has 0 spiro atoms. The highest BCUT2D eigenvalue weighted by molar-refractivity contribution is 6.30. The Morgan fingerprint density at radius 3 is 2.42 bits per heavy atom. The fourth-order valence-electron chi connectivity index (χ4n) is 2.21. The summed E-state index contributed by atoms with van der Waals surface area (Å²) in [7, 11) is 0. The number of anilines is 1. The molecule has 0 fully saturated rings. The number of nitrogens with one attached hydrogen (secondary N) is 1. The number of hydrogen-bond donors (Lipinski definition) is 1. The van der Waals surface area contributed by atoms with Gasteiger partial charge in [-0.2, -0.15) is 0 Å². The maximum atomic E-state index is 13.6. The summed E-state index contributed by atoms with van der Waals surface area (Å²) in [6, 6.07) is 13.1. The first-order chi connectivity index (χ1) is 11.5. The molecule has 0 unspecified atom stereocenters. The molecule has 0 atom stereocenters. The molecule has 0 aromatic heterocycles. The first kappa shape index (κ1) is 17.9. The van der Waals surface area contributed by atoms with Crippen LogP contribution in [0.15, 0.2) is 48.5 Å². The van der Waals surface area contributed by atoms with Gasteiger partial charge in [-0.05, 0) is 42.3 Å². The highest BCUT2D eigenvalue weighted by Crippen LogP contribution is 2.13. The lowest BCUT2D eigenvalue weighted by Gasteiger charge is -2.20. The van der Waals surface area contributed by atoms with Crippen molar-refractivity contribution in [1.29, 1.82) is 0 Å². The van der Waals surface area contributed by atoms with E-state index < -0.39 is 0 Å². The van der Waals surface area contributed by atoms with Crippen LogP contribution in [0.3, 0.4) is 0 Å². The van der Waals surface area contributed by atoms with E-state index in [2.05, 4.69) is 5.32 Å². The van der Waals surface area contributed by atoms with Crippen molar-refractivity contribution in [2.45, 2.75) is 13.3 Å². The van der Waals surface area contributed by atoms with Crippen LogP contribution in [0.25, 0.3) is 0 Å². The molecule has 2 amide bonds. The molecule has 0 saturated heterocycles. The number of nitrogens with zero attached hydrogens (tertiary/aromatic N) is 1. The van der Waals surface area contributed by atoms with E-state index in [9.17, 15) is 14.0 Å². The van der Waals surface area contributed by atoms with E-state index in [1.807, 2.05) is 0 Å². The predicted molar refractivity (Wildman–Crippen MR) is 92.4 cm³/mol. The molecule has 0 aliphatic heterocycles. The van der Waals surface area contributed by atoms with Gasteiger partial charge in [0.1, 0.15) is 5.82 Å². The Balaban J connectivity index is 1.93. The van der Waals surface area contributed by atoms with Gasteiger partial charge in [-0.25, -0.2) is 4.39 Å². The Kier molecular flexibility index (Phi) is 6.32. The zero-order valence-corrected chi connectivity index (χ0v) is 14.0. The summed E-state index contributed by atoms with van der Waals surface area (Å²) in [5.41, 5.74) is 1.11. The molecule has 6 heteroatoms. The second kappa shape index (κ2) is 8.45. The summed E-state index contributed by atoms with van der Waals surface area (Å²) in [5.74, 6) is -0.870. The topological polar surface area (TPSA) is 49.4 Å². The Hall–Kier alpha value is -2.40. The van der Waals surface area contributed by atoms with Crippen LogP contribution in [-0.2, 0) is 16.0 Å². The van der Waals surface area contributed by atoms with Crippen LogP contribution in [0.4, 0.5) is 10.1 Å². The molecule has 24 heavy (non-hydrogen) atoms. The van der Waals surface area contributed by atoms with Crippen molar-refractivity contribution in [1.82, 2.24) is 4.90 Å². The van der Waals surface area contributed by atoms with Crippen LogP contribution in [0.2, 0.25) is 5.02 Å². The van der Waals surface area contributed by atoms with E-state index >= 15 is 0 Å². The van der Waals surface area contributed by atoms with Gasteiger partial charge < -0.3 is 10.2 Å². The number of benzene rings is 2. The van der Waals surface area contributed by atoms with Crippen LogP contribution >= 0.6 is 11.6 Å². The van der Waals surface area contributed by atoms with Gasteiger partial charge in [0, 0.05) is 24.2 Å². The third-order valence-corrected chi connectivity index (χ3v) is 3.77. The molecule has 1 N–H and O–H groups in total. The SMILES string of the molecule is CC(=O)N(CCc1ccccc1F)CC(=O)Nc1ccc(Cl)cc1. The van der Waals surface area contributed by atoms with Gasteiger partial charge in [0.25, 0.3) is 0 Å². The van der Waals surface area contributed by atoms with Crippen LogP contribution < -0.4 is 5.32 Å². The Morgan fingerprint density at radius 2 is 1.79 bits per heavy atom. The molecule has 0 heterocycles. The molecule has 0 aliphatic carbocycles. The monoisotopic (exact) mass is 348 g/mol. The first-order valence-corrected chi connectivity index (χ1v) is 7.88. The van der Waals surface area contributed by atoms with Gasteiger partial charge in [0.2, 0.25) is 11.8 Å². The van der Waals surface area contributed by atoms with Crippen molar-refractivity contribution in [3.63, 3.8) is 0 Å². The minimum Gasteiger partial charge on any atom is -0.333 e. The fraction of sp³-hybridized carbons (Fsp3) is 0.222. The molecule has 126 valence electrons. The number of rotatable bonds is 6. The predicted octanol–water partition coefficient (Wildman–Crippen LogP) is 3.51. The Bertz CT molecular complexity index is 719. The summed E-state index contributed by atoms with van der Waals surface area (Å²) in [4.78, 5) is 25.2. The van der Waals surface area contributed by atoms with E-state index in [1.165, 1.54) is 17.9 Å². The van der Waals surface area contributed by atoms with Gasteiger partial charge in [-0.3, -0.25) is 9.59 Å². The summed E-state index contributed by atoms with van der Waals surface area (Å²) in [6.45, 7) is 1.56. The number of amides is 2. The minimum absolute atomic E-state index is 0.0909. The van der Waals surface area contributed by atoms with Crippen LogP contribution in [0.1, 0.15) is 12.5 Å². The van der Waals surface area contributed by atoms with E-state index in [0.717, 1.165) is 0 Å². The van der Waals surface area contributed by atoms with Crippen LogP contribution in [0.5, 0.6) is 0 Å². The van der Waals surface area contributed by atoms with Crippen molar-refractivity contribution in [2.75, 3.05) is 18.4 Å². The number of carbonyl (C=O) groups excluding carboxylic acids is 2. The normalized spacial score (nSPS) is 10.3. The van der Waals surface area contributed by atoms with Crippen molar-refractivity contribution < 1.29 is 14.0 Å². The average Bonchev–Trinajstić information content (AvgIpc) is 2.54. The minimum atomic E-state index is -0.318. The van der Waals surface area contributed by atoms with Gasteiger partial charge in [-0.1, -0.05) is 29.8 Å². The lowest BCUT2D eigenvalue weighted by molar-refractivity contribution is -0.132. The first-order valence-electron chi connectivity index (χ1n) is 7.50. The summed E-state index contributed by atoms with van der Waals surface area (Å²) in [6.07, 6.45) is 0.348. The number of carbonyl (C=O) groups is 2. The third-order valence-electron chi connectivity index (χ3n) is 3.52. The van der Waals surface area contributed by atoms with Gasteiger partial charge in [0.05, 0.1) is 6.54 Å². The lowest BCUT2D eigenvalue weighted by Crippen LogP contribution is -2.38. The summed E-state index contributed by atoms with van der Waals surface area (Å²) >= 11 is 5.79. The molecule has 0 saturated carbocycles. The Morgan fingerprint density at radius 1 is 1.12 bits per heavy atom. The van der Waals surface area contributed by atoms with Gasteiger partial charge in [0.15, 0.2) is 0 Å². The van der Waals surface area contributed by atoms with Crippen molar-refractivity contribution >= 4 is 29.1 Å². The maximum absolute atomic E-state index is 13.6. The van der Waals surface area contributed by atoms with E-state index in [0.29, 0.717) is 22.7 Å². The second-order valence-corrected chi connectivity index (χ2v) is 5.77. The molecule has 2 rings (SSSR count). The highest BCUT2D eigenvalue weighted by atomic mass is 35.5. The van der Waals surface area contributed by atoms with E-state index in [-0.39, 0.29) is 30.7 Å². The largest absolute Gasteiger partial charge is 0.333 e. The molecule has 0 aliphatic rings. The maximum Gasteiger partial charge on any atom is 0.243 e. The highest BCUT2D eigenvalue weighted by Gasteiger charge is 2.14. The van der Waals surface area contributed by atoms with Gasteiger partial charge >= 0.3 is 0 Å². The van der Waals surface area contributed by atoms with Crippen LogP contribution in [-0.4, -0.2) is 29.8 Å². The molecule has 0 bridgehead atoms. The molecule has 4 nitrogen and oxygen atoms in total. The number of hydrogen-bond acceptors (Lipinski definition) is 2. The zero-order chi connectivity index (χ0) is 17.5. The van der Waals surface area contributed by atoms with E-state index in [4.69, 9.17) is 11.6 Å². The molecule has 2 aromatic rings. The molecular weight excluding hydrogens is 331 g/mol. The van der Waals surface area contributed by atoms with Crippen LogP contribution in [0, 0.1) is 5.82 Å². The molecule has 0 radical (unpaired) electrons. The van der Waals surface area contributed by atoms with Crippen molar-refractivity contribution in [3.8, 4) is 0 Å². The fourth-order valence-corrected chi connectivity index (χ4v) is 2.34. The second-order valence-electron chi connectivity index (χ2n) is 5.34. The quantitative estimate of drug-likeness (QED) is 0.868. The Labute approximate surface area is 145 Å². The zero-order valence-electron chi connectivity index (χ0n) is 13.3. The smallest absolute Gasteiger partial charge is 0.243 e. The third kappa shape index (κ3) is 5.35. The average molecular weight is 349 g/mol. The van der Waals surface area contributed by atoms with Crippen molar-refractivity contribution in [3.05, 3.63) is 64.9 Å². The summed E-state index contributed by atoms with van der Waals surface area (Å²) in [5, 5.41) is 3.27. The number of halogens is 2. The lowest BCUT2D eigenvalue weighted by atomic mass is 10.1.